The minimum atomic E-state index is -0.232. The van der Waals surface area contributed by atoms with Crippen LogP contribution in [0.15, 0.2) is 24.4 Å². The Bertz CT molecular complexity index is 601. The highest BCUT2D eigenvalue weighted by atomic mass is 16.2. The molecule has 0 aliphatic carbocycles. The van der Waals surface area contributed by atoms with Gasteiger partial charge in [-0.15, -0.1) is 5.10 Å². The molecule has 0 fully saturated rings. The third-order valence-corrected chi connectivity index (χ3v) is 3.00. The molecule has 2 rings (SSSR count). The van der Waals surface area contributed by atoms with Crippen LogP contribution in [0, 0.1) is 6.92 Å². The summed E-state index contributed by atoms with van der Waals surface area (Å²) in [6, 6.07) is 6.02. The number of carbonyl (C=O) groups is 1. The van der Waals surface area contributed by atoms with E-state index in [1.54, 1.807) is 7.05 Å². The summed E-state index contributed by atoms with van der Waals surface area (Å²) in [5.74, 6) is 0.112. The minimum absolute atomic E-state index is 0.232. The normalized spacial score (nSPS) is 10.8. The van der Waals surface area contributed by atoms with Crippen molar-refractivity contribution in [2.75, 3.05) is 5.32 Å². The van der Waals surface area contributed by atoms with Crippen LogP contribution in [0.3, 0.4) is 0 Å². The largest absolute Gasteiger partial charge is 0.320 e. The SMILES string of the molecule is Cc1cccc(C(C)C)c1NC(=O)c1cnn(C)n1. The topological polar surface area (TPSA) is 59.8 Å². The van der Waals surface area contributed by atoms with Gasteiger partial charge in [-0.3, -0.25) is 4.79 Å². The standard InChI is InChI=1S/C14H18N4O/c1-9(2)11-7-5-6-10(3)13(11)16-14(19)12-8-15-18(4)17-12/h5-9H,1-4H3,(H,16,19). The summed E-state index contributed by atoms with van der Waals surface area (Å²) >= 11 is 0. The van der Waals surface area contributed by atoms with E-state index in [9.17, 15) is 4.79 Å². The quantitative estimate of drug-likeness (QED) is 0.920. The first-order valence-corrected chi connectivity index (χ1v) is 6.26. The summed E-state index contributed by atoms with van der Waals surface area (Å²) in [5, 5.41) is 10.8. The van der Waals surface area contributed by atoms with E-state index in [1.807, 2.05) is 25.1 Å². The highest BCUT2D eigenvalue weighted by Crippen LogP contribution is 2.27. The first kappa shape index (κ1) is 13.3. The number of aryl methyl sites for hydroxylation is 2. The van der Waals surface area contributed by atoms with Crippen molar-refractivity contribution in [3.05, 3.63) is 41.2 Å². The van der Waals surface area contributed by atoms with E-state index < -0.39 is 0 Å². The molecule has 1 aromatic carbocycles. The molecule has 0 aliphatic rings. The lowest BCUT2D eigenvalue weighted by atomic mass is 9.98. The molecule has 1 heterocycles. The molecule has 5 nitrogen and oxygen atoms in total. The van der Waals surface area contributed by atoms with Gasteiger partial charge in [-0.2, -0.15) is 9.90 Å². The van der Waals surface area contributed by atoms with E-state index in [2.05, 4.69) is 29.4 Å². The molecule has 0 atom stereocenters. The summed E-state index contributed by atoms with van der Waals surface area (Å²) in [7, 11) is 1.68. The van der Waals surface area contributed by atoms with E-state index >= 15 is 0 Å². The van der Waals surface area contributed by atoms with Crippen LogP contribution in [0.4, 0.5) is 5.69 Å². The molecule has 0 saturated heterocycles. The Morgan fingerprint density at radius 1 is 1.37 bits per heavy atom. The van der Waals surface area contributed by atoms with Crippen LogP contribution in [-0.2, 0) is 7.05 Å². The van der Waals surface area contributed by atoms with Crippen molar-refractivity contribution in [3.63, 3.8) is 0 Å². The fourth-order valence-corrected chi connectivity index (χ4v) is 1.97. The highest BCUT2D eigenvalue weighted by Gasteiger charge is 2.15. The third kappa shape index (κ3) is 2.81. The van der Waals surface area contributed by atoms with E-state index in [0.29, 0.717) is 11.6 Å². The zero-order valence-corrected chi connectivity index (χ0v) is 11.6. The van der Waals surface area contributed by atoms with Gasteiger partial charge in [0.2, 0.25) is 0 Å². The third-order valence-electron chi connectivity index (χ3n) is 3.00. The number of hydrogen-bond acceptors (Lipinski definition) is 3. The number of benzene rings is 1. The second-order valence-corrected chi connectivity index (χ2v) is 4.87. The maximum absolute atomic E-state index is 12.1. The van der Waals surface area contributed by atoms with E-state index in [0.717, 1.165) is 16.8 Å². The Kier molecular flexibility index (Phi) is 3.64. The molecule has 0 radical (unpaired) electrons. The number of amides is 1. The molecule has 100 valence electrons. The monoisotopic (exact) mass is 258 g/mol. The predicted octanol–water partition coefficient (Wildman–Crippen LogP) is 2.50. The van der Waals surface area contributed by atoms with Gasteiger partial charge in [-0.25, -0.2) is 0 Å². The fraction of sp³-hybridized carbons (Fsp3) is 0.357. The number of nitrogens with one attached hydrogen (secondary N) is 1. The molecule has 0 spiro atoms. The van der Waals surface area contributed by atoms with Gasteiger partial charge in [0.1, 0.15) is 0 Å². The maximum Gasteiger partial charge on any atom is 0.277 e. The second-order valence-electron chi connectivity index (χ2n) is 4.87. The van der Waals surface area contributed by atoms with Crippen molar-refractivity contribution in [2.45, 2.75) is 26.7 Å². The number of aromatic nitrogens is 3. The zero-order chi connectivity index (χ0) is 14.0. The van der Waals surface area contributed by atoms with Gasteiger partial charge in [0.15, 0.2) is 5.69 Å². The van der Waals surface area contributed by atoms with Crippen molar-refractivity contribution < 1.29 is 4.79 Å². The van der Waals surface area contributed by atoms with E-state index in [1.165, 1.54) is 11.0 Å². The van der Waals surface area contributed by atoms with Crippen LogP contribution < -0.4 is 5.32 Å². The first-order valence-electron chi connectivity index (χ1n) is 6.26. The number of hydrogen-bond donors (Lipinski definition) is 1. The van der Waals surface area contributed by atoms with Crippen molar-refractivity contribution >= 4 is 11.6 Å². The summed E-state index contributed by atoms with van der Waals surface area (Å²) in [4.78, 5) is 13.5. The lowest BCUT2D eigenvalue weighted by Gasteiger charge is -2.15. The average Bonchev–Trinajstić information content (AvgIpc) is 2.78. The smallest absolute Gasteiger partial charge is 0.277 e. The van der Waals surface area contributed by atoms with Gasteiger partial charge in [0.25, 0.3) is 5.91 Å². The summed E-state index contributed by atoms with van der Waals surface area (Å²) < 4.78 is 0. The summed E-state index contributed by atoms with van der Waals surface area (Å²) in [6.45, 7) is 6.19. The van der Waals surface area contributed by atoms with Crippen LogP contribution in [0.2, 0.25) is 0 Å². The van der Waals surface area contributed by atoms with Gasteiger partial charge < -0.3 is 5.32 Å². The molecule has 1 N–H and O–H groups in total. The predicted molar refractivity (Wildman–Crippen MR) is 74.2 cm³/mol. The molecule has 2 aromatic rings. The minimum Gasteiger partial charge on any atom is -0.320 e. The van der Waals surface area contributed by atoms with E-state index in [-0.39, 0.29) is 5.91 Å². The fourth-order valence-electron chi connectivity index (χ4n) is 1.97. The molecule has 0 aliphatic heterocycles. The molecule has 0 saturated carbocycles. The van der Waals surface area contributed by atoms with Crippen molar-refractivity contribution in [3.8, 4) is 0 Å². The highest BCUT2D eigenvalue weighted by molar-refractivity contribution is 6.03. The molecular formula is C14H18N4O. The zero-order valence-electron chi connectivity index (χ0n) is 11.6. The number of nitrogens with zero attached hydrogens (tertiary/aromatic N) is 3. The molecule has 0 bridgehead atoms. The Hall–Kier alpha value is -2.17. The Morgan fingerprint density at radius 2 is 2.11 bits per heavy atom. The number of rotatable bonds is 3. The van der Waals surface area contributed by atoms with Crippen LogP contribution in [0.5, 0.6) is 0 Å². The lowest BCUT2D eigenvalue weighted by Crippen LogP contribution is -2.15. The maximum atomic E-state index is 12.1. The summed E-state index contributed by atoms with van der Waals surface area (Å²) in [6.07, 6.45) is 1.46. The first-order chi connectivity index (χ1) is 8.99. The van der Waals surface area contributed by atoms with Gasteiger partial charge in [0.05, 0.1) is 6.20 Å². The van der Waals surface area contributed by atoms with Gasteiger partial charge in [-0.1, -0.05) is 32.0 Å². The lowest BCUT2D eigenvalue weighted by molar-refractivity contribution is 0.102. The van der Waals surface area contributed by atoms with Crippen molar-refractivity contribution in [2.24, 2.45) is 7.05 Å². The Labute approximate surface area is 112 Å². The molecular weight excluding hydrogens is 240 g/mol. The molecule has 1 aromatic heterocycles. The molecule has 19 heavy (non-hydrogen) atoms. The van der Waals surface area contributed by atoms with Crippen LogP contribution in [0.1, 0.15) is 41.4 Å². The van der Waals surface area contributed by atoms with Crippen LogP contribution >= 0.6 is 0 Å². The van der Waals surface area contributed by atoms with Crippen LogP contribution in [0.25, 0.3) is 0 Å². The molecule has 5 heteroatoms. The van der Waals surface area contributed by atoms with Gasteiger partial charge in [0, 0.05) is 12.7 Å². The summed E-state index contributed by atoms with van der Waals surface area (Å²) in [5.41, 5.74) is 3.36. The van der Waals surface area contributed by atoms with E-state index in [4.69, 9.17) is 0 Å². The van der Waals surface area contributed by atoms with Crippen LogP contribution in [-0.4, -0.2) is 20.9 Å². The number of anilines is 1. The van der Waals surface area contributed by atoms with Gasteiger partial charge in [-0.05, 0) is 24.0 Å². The Morgan fingerprint density at radius 3 is 2.68 bits per heavy atom. The van der Waals surface area contributed by atoms with Gasteiger partial charge >= 0.3 is 0 Å². The second kappa shape index (κ2) is 5.22. The average molecular weight is 258 g/mol. The molecule has 0 unspecified atom stereocenters. The molecule has 1 amide bonds. The Balaban J connectivity index is 2.31. The van der Waals surface area contributed by atoms with Crippen molar-refractivity contribution in [1.82, 2.24) is 15.0 Å². The number of para-hydroxylation sites is 1. The van der Waals surface area contributed by atoms with Crippen molar-refractivity contribution in [1.29, 1.82) is 0 Å². The number of carbonyl (C=O) groups excluding carboxylic acids is 1.